The van der Waals surface area contributed by atoms with Crippen molar-refractivity contribution in [3.63, 3.8) is 0 Å². The van der Waals surface area contributed by atoms with E-state index in [1.54, 1.807) is 19.1 Å². The fraction of sp³-hybridized carbons (Fsp3) is 0.333. The van der Waals surface area contributed by atoms with E-state index in [1.807, 2.05) is 0 Å². The molecule has 0 saturated heterocycles. The van der Waals surface area contributed by atoms with Gasteiger partial charge in [0, 0.05) is 17.4 Å². The Kier molecular flexibility index (Phi) is 5.18. The molecule has 1 fully saturated rings. The van der Waals surface area contributed by atoms with Crippen LogP contribution in [-0.2, 0) is 6.18 Å². The molecule has 0 unspecified atom stereocenters. The second kappa shape index (κ2) is 8.08. The number of ether oxygens (including phenoxy) is 1. The molecule has 0 bridgehead atoms. The number of carbonyl (C=O) groups is 1. The maximum absolute atomic E-state index is 13.6. The fourth-order valence-corrected chi connectivity index (χ4v) is 3.75. The maximum Gasteiger partial charge on any atom is 0.416 e. The van der Waals surface area contributed by atoms with Gasteiger partial charge in [0.05, 0.1) is 35.5 Å². The number of hydrogen-bond donors (Lipinski definition) is 2. The summed E-state index contributed by atoms with van der Waals surface area (Å²) in [6.45, 7) is 1.64. The Morgan fingerprint density at radius 1 is 1.26 bits per heavy atom. The molecule has 0 aliphatic heterocycles. The molecule has 1 aromatic carbocycles. The zero-order chi connectivity index (χ0) is 24.0. The van der Waals surface area contributed by atoms with Crippen molar-refractivity contribution >= 4 is 16.8 Å². The van der Waals surface area contributed by atoms with E-state index >= 15 is 0 Å². The molecular formula is C21H19F3N8O2. The average Bonchev–Trinajstić information content (AvgIpc) is 3.37. The van der Waals surface area contributed by atoms with Crippen molar-refractivity contribution in [2.24, 2.45) is 0 Å². The van der Waals surface area contributed by atoms with Crippen LogP contribution in [0, 0.1) is 0 Å². The number of nitrogens with one attached hydrogen (secondary N) is 2. The van der Waals surface area contributed by atoms with E-state index in [9.17, 15) is 18.0 Å². The Labute approximate surface area is 190 Å². The maximum atomic E-state index is 13.6. The molecule has 4 aromatic rings. The van der Waals surface area contributed by atoms with Gasteiger partial charge in [-0.1, -0.05) is 0 Å². The van der Waals surface area contributed by atoms with Gasteiger partial charge in [0.25, 0.3) is 5.91 Å². The normalized spacial score (nSPS) is 14.9. The third-order valence-electron chi connectivity index (χ3n) is 5.60. The summed E-state index contributed by atoms with van der Waals surface area (Å²) < 4.78 is 47.1. The molecule has 3 aromatic heterocycles. The summed E-state index contributed by atoms with van der Waals surface area (Å²) in [5.41, 5.74) is -0.229. The van der Waals surface area contributed by atoms with Crippen LogP contribution in [0.25, 0.3) is 16.7 Å². The van der Waals surface area contributed by atoms with Crippen LogP contribution in [0.4, 0.5) is 13.2 Å². The predicted octanol–water partition coefficient (Wildman–Crippen LogP) is 3.33. The van der Waals surface area contributed by atoms with Crippen LogP contribution >= 0.6 is 0 Å². The van der Waals surface area contributed by atoms with Crippen LogP contribution in [0.5, 0.6) is 5.88 Å². The predicted molar refractivity (Wildman–Crippen MR) is 112 cm³/mol. The van der Waals surface area contributed by atoms with E-state index < -0.39 is 23.7 Å². The molecule has 5 rings (SSSR count). The number of fused-ring (bicyclic) bond motifs is 1. The molecule has 3 heterocycles. The Hall–Kier alpha value is -4.03. The van der Waals surface area contributed by atoms with E-state index in [4.69, 9.17) is 4.74 Å². The quantitative estimate of drug-likeness (QED) is 0.441. The van der Waals surface area contributed by atoms with Gasteiger partial charge >= 0.3 is 6.18 Å². The minimum Gasteiger partial charge on any atom is -0.480 e. The van der Waals surface area contributed by atoms with Crippen LogP contribution in [0.15, 0.2) is 30.6 Å². The topological polar surface area (TPSA) is 124 Å². The summed E-state index contributed by atoms with van der Waals surface area (Å²) in [4.78, 5) is 17.3. The number of H-pyrrole nitrogens is 1. The highest BCUT2D eigenvalue weighted by molar-refractivity contribution is 6.06. The molecule has 10 nitrogen and oxygen atoms in total. The molecule has 0 radical (unpaired) electrons. The summed E-state index contributed by atoms with van der Waals surface area (Å²) in [6, 6.07) is 4.37. The molecule has 176 valence electrons. The second-order valence-electron chi connectivity index (χ2n) is 7.99. The summed E-state index contributed by atoms with van der Waals surface area (Å²) >= 11 is 0. The van der Waals surface area contributed by atoms with Gasteiger partial charge in [-0.05, 0) is 38.0 Å². The van der Waals surface area contributed by atoms with Gasteiger partial charge in [-0.25, -0.2) is 4.98 Å². The highest BCUT2D eigenvalue weighted by Gasteiger charge is 2.35. The fourth-order valence-electron chi connectivity index (χ4n) is 3.75. The van der Waals surface area contributed by atoms with Gasteiger partial charge in [0.1, 0.15) is 6.33 Å². The standard InChI is InChI=1S/C21H19F3N8O2/c1-10(19-25-9-26-32(19)15-5-6-16(34-2)29-28-15)27-20(33)14-8-12(21(22,23)24)7-13-17(11-3-4-11)30-31-18(13)14/h5-11H,3-4H2,1-2H3,(H,27,33)(H,30,31)/t10-/m0/s1. The Morgan fingerprint density at radius 2 is 2.06 bits per heavy atom. The van der Waals surface area contributed by atoms with Crippen LogP contribution in [0.1, 0.15) is 59.2 Å². The highest BCUT2D eigenvalue weighted by Crippen LogP contribution is 2.43. The van der Waals surface area contributed by atoms with Crippen molar-refractivity contribution in [3.05, 3.63) is 53.2 Å². The number of alkyl halides is 3. The van der Waals surface area contributed by atoms with E-state index in [0.717, 1.165) is 25.0 Å². The van der Waals surface area contributed by atoms with Gasteiger partial charge in [-0.2, -0.15) is 28.1 Å². The van der Waals surface area contributed by atoms with Gasteiger partial charge in [-0.15, -0.1) is 10.2 Å². The molecule has 1 amide bonds. The van der Waals surface area contributed by atoms with Gasteiger partial charge in [0.2, 0.25) is 5.88 Å². The van der Waals surface area contributed by atoms with E-state index in [1.165, 1.54) is 18.1 Å². The lowest BCUT2D eigenvalue weighted by atomic mass is 10.0. The van der Waals surface area contributed by atoms with E-state index in [2.05, 4.69) is 35.8 Å². The average molecular weight is 472 g/mol. The number of aromatic nitrogens is 7. The molecular weight excluding hydrogens is 453 g/mol. The smallest absolute Gasteiger partial charge is 0.416 e. The van der Waals surface area contributed by atoms with Crippen molar-refractivity contribution in [1.29, 1.82) is 0 Å². The molecule has 1 atom stereocenters. The minimum atomic E-state index is -4.61. The van der Waals surface area contributed by atoms with Gasteiger partial charge in [-0.3, -0.25) is 9.89 Å². The second-order valence-corrected chi connectivity index (χ2v) is 7.99. The molecule has 0 spiro atoms. The van der Waals surface area contributed by atoms with Gasteiger partial charge < -0.3 is 10.1 Å². The van der Waals surface area contributed by atoms with E-state index in [0.29, 0.717) is 28.6 Å². The number of amides is 1. The lowest BCUT2D eigenvalue weighted by Gasteiger charge is -2.16. The lowest BCUT2D eigenvalue weighted by Crippen LogP contribution is -2.29. The first-order chi connectivity index (χ1) is 16.3. The van der Waals surface area contributed by atoms with E-state index in [-0.39, 0.29) is 17.0 Å². The van der Waals surface area contributed by atoms with Crippen LogP contribution in [0.3, 0.4) is 0 Å². The van der Waals surface area contributed by atoms with Crippen molar-refractivity contribution in [2.75, 3.05) is 7.11 Å². The lowest BCUT2D eigenvalue weighted by molar-refractivity contribution is -0.137. The molecule has 34 heavy (non-hydrogen) atoms. The third-order valence-corrected chi connectivity index (χ3v) is 5.60. The van der Waals surface area contributed by atoms with Crippen molar-refractivity contribution in [3.8, 4) is 11.7 Å². The van der Waals surface area contributed by atoms with Crippen molar-refractivity contribution < 1.29 is 22.7 Å². The first-order valence-electron chi connectivity index (χ1n) is 10.4. The highest BCUT2D eigenvalue weighted by atomic mass is 19.4. The van der Waals surface area contributed by atoms with Crippen molar-refractivity contribution in [1.82, 2.24) is 40.5 Å². The first-order valence-corrected chi connectivity index (χ1v) is 10.4. The number of halogens is 3. The zero-order valence-corrected chi connectivity index (χ0v) is 18.1. The molecule has 13 heteroatoms. The summed E-state index contributed by atoms with van der Waals surface area (Å²) in [6.07, 6.45) is -1.61. The van der Waals surface area contributed by atoms with Gasteiger partial charge in [0.15, 0.2) is 11.6 Å². The number of hydrogen-bond acceptors (Lipinski definition) is 7. The molecule has 1 aliphatic rings. The number of methoxy groups -OCH3 is 1. The monoisotopic (exact) mass is 472 g/mol. The van der Waals surface area contributed by atoms with Crippen LogP contribution in [-0.4, -0.2) is 48.2 Å². The number of nitrogens with zero attached hydrogens (tertiary/aromatic N) is 6. The Morgan fingerprint density at radius 3 is 2.71 bits per heavy atom. The first kappa shape index (κ1) is 21.8. The minimum absolute atomic E-state index is 0.108. The summed E-state index contributed by atoms with van der Waals surface area (Å²) in [5, 5.41) is 22.0. The largest absolute Gasteiger partial charge is 0.480 e. The number of benzene rings is 1. The summed E-state index contributed by atoms with van der Waals surface area (Å²) in [5.74, 6) is 0.365. The van der Waals surface area contributed by atoms with Crippen LogP contribution in [0.2, 0.25) is 0 Å². The Bertz CT molecular complexity index is 1360. The Balaban J connectivity index is 1.47. The molecule has 1 saturated carbocycles. The molecule has 1 aliphatic carbocycles. The zero-order valence-electron chi connectivity index (χ0n) is 18.1. The summed E-state index contributed by atoms with van der Waals surface area (Å²) in [7, 11) is 1.46. The van der Waals surface area contributed by atoms with Crippen molar-refractivity contribution in [2.45, 2.75) is 37.9 Å². The van der Waals surface area contributed by atoms with Crippen LogP contribution < -0.4 is 10.1 Å². The number of rotatable bonds is 6. The molecule has 2 N–H and O–H groups in total. The SMILES string of the molecule is COc1ccc(-n2ncnc2[C@H](C)NC(=O)c2cc(C(F)(F)F)cc3c(C4CC4)n[nH]c23)nn1. The number of aromatic amines is 1. The number of carbonyl (C=O) groups excluding carboxylic acids is 1. The third kappa shape index (κ3) is 3.93.